The molecule has 0 unspecified atom stereocenters. The zero-order valence-corrected chi connectivity index (χ0v) is 9.70. The van der Waals surface area contributed by atoms with E-state index in [9.17, 15) is 4.39 Å². The smallest absolute Gasteiger partial charge is 0.213 e. The van der Waals surface area contributed by atoms with E-state index in [0.717, 1.165) is 12.2 Å². The maximum atomic E-state index is 13.5. The minimum Gasteiger partial charge on any atom is -0.444 e. The topological polar surface area (TPSA) is 63.8 Å². The highest BCUT2D eigenvalue weighted by Crippen LogP contribution is 2.13. The molecule has 0 aliphatic rings. The van der Waals surface area contributed by atoms with Gasteiger partial charge in [0.15, 0.2) is 11.6 Å². The molecule has 0 fully saturated rings. The molecular weight excluding hydrogens is 223 g/mol. The molecule has 0 bridgehead atoms. The average Bonchev–Trinajstić information content (AvgIpc) is 2.79. The van der Waals surface area contributed by atoms with E-state index in [1.807, 2.05) is 6.92 Å². The van der Waals surface area contributed by atoms with E-state index >= 15 is 0 Å². The Kier molecular flexibility index (Phi) is 3.32. The van der Waals surface area contributed by atoms with Gasteiger partial charge < -0.3 is 9.73 Å². The van der Waals surface area contributed by atoms with Crippen molar-refractivity contribution in [2.24, 2.45) is 0 Å². The molecule has 2 rings (SSSR count). The fraction of sp³-hybridized carbons (Fsp3) is 0.364. The van der Waals surface area contributed by atoms with Gasteiger partial charge in [0.25, 0.3) is 0 Å². The molecule has 90 valence electrons. The summed E-state index contributed by atoms with van der Waals surface area (Å²) in [5, 5.41) is 2.83. The Morgan fingerprint density at radius 1 is 1.35 bits per heavy atom. The Hall–Kier alpha value is -1.98. The molecule has 2 heterocycles. The van der Waals surface area contributed by atoms with Crippen LogP contribution in [0.5, 0.6) is 0 Å². The summed E-state index contributed by atoms with van der Waals surface area (Å²) >= 11 is 0. The number of oxazole rings is 1. The summed E-state index contributed by atoms with van der Waals surface area (Å²) in [5.41, 5.74) is 0.309. The van der Waals surface area contributed by atoms with Crippen LogP contribution in [-0.2, 0) is 13.0 Å². The van der Waals surface area contributed by atoms with Crippen LogP contribution in [0.3, 0.4) is 0 Å². The molecule has 2 aromatic heterocycles. The second-order valence-corrected chi connectivity index (χ2v) is 3.55. The Bertz CT molecular complexity index is 512. The summed E-state index contributed by atoms with van der Waals surface area (Å²) in [6.45, 7) is 3.86. The van der Waals surface area contributed by atoms with Crippen molar-refractivity contribution >= 4 is 5.82 Å². The van der Waals surface area contributed by atoms with Crippen LogP contribution in [0.4, 0.5) is 10.2 Å². The first-order valence-electron chi connectivity index (χ1n) is 5.35. The molecule has 0 amide bonds. The van der Waals surface area contributed by atoms with Crippen molar-refractivity contribution in [2.75, 3.05) is 5.32 Å². The first kappa shape index (κ1) is 11.5. The number of aryl methyl sites for hydroxylation is 2. The lowest BCUT2D eigenvalue weighted by atomic mass is 10.4. The predicted octanol–water partition coefficient (Wildman–Crippen LogP) is 2.09. The van der Waals surface area contributed by atoms with E-state index in [4.69, 9.17) is 4.42 Å². The zero-order chi connectivity index (χ0) is 12.3. The van der Waals surface area contributed by atoms with Crippen LogP contribution in [0.15, 0.2) is 16.9 Å². The number of halogens is 1. The van der Waals surface area contributed by atoms with Gasteiger partial charge in [0.1, 0.15) is 12.1 Å². The standard InChI is InChI=1S/C11H13FN4O/c1-3-8-4-13-9(17-8)5-14-11-10(12)7(2)15-6-16-11/h4,6H,3,5H2,1-2H3,(H,14,15,16). The van der Waals surface area contributed by atoms with Crippen molar-refractivity contribution in [3.05, 3.63) is 35.7 Å². The van der Waals surface area contributed by atoms with Crippen LogP contribution >= 0.6 is 0 Å². The number of nitrogens with one attached hydrogen (secondary N) is 1. The van der Waals surface area contributed by atoms with Crippen molar-refractivity contribution < 1.29 is 8.81 Å². The molecule has 0 spiro atoms. The van der Waals surface area contributed by atoms with Crippen LogP contribution in [0.1, 0.15) is 24.3 Å². The summed E-state index contributed by atoms with van der Waals surface area (Å²) in [6.07, 6.45) is 3.76. The molecule has 1 N–H and O–H groups in total. The quantitative estimate of drug-likeness (QED) is 0.880. The predicted molar refractivity (Wildman–Crippen MR) is 59.9 cm³/mol. The van der Waals surface area contributed by atoms with Crippen LogP contribution in [0.25, 0.3) is 0 Å². The fourth-order valence-corrected chi connectivity index (χ4v) is 1.33. The van der Waals surface area contributed by atoms with Crippen LogP contribution in [0, 0.1) is 12.7 Å². The van der Waals surface area contributed by atoms with Gasteiger partial charge in [-0.15, -0.1) is 0 Å². The summed E-state index contributed by atoms with van der Waals surface area (Å²) in [4.78, 5) is 11.6. The third kappa shape index (κ3) is 2.58. The normalized spacial score (nSPS) is 10.5. The summed E-state index contributed by atoms with van der Waals surface area (Å²) in [6, 6.07) is 0. The van der Waals surface area contributed by atoms with Gasteiger partial charge in [-0.2, -0.15) is 0 Å². The van der Waals surface area contributed by atoms with Crippen molar-refractivity contribution in [2.45, 2.75) is 26.8 Å². The minimum atomic E-state index is -0.449. The maximum Gasteiger partial charge on any atom is 0.213 e. The second kappa shape index (κ2) is 4.90. The van der Waals surface area contributed by atoms with Gasteiger partial charge >= 0.3 is 0 Å². The largest absolute Gasteiger partial charge is 0.444 e. The molecule has 17 heavy (non-hydrogen) atoms. The third-order valence-electron chi connectivity index (χ3n) is 2.32. The summed E-state index contributed by atoms with van der Waals surface area (Å²) in [5.74, 6) is 1.03. The van der Waals surface area contributed by atoms with E-state index in [2.05, 4.69) is 20.3 Å². The number of hydrogen-bond donors (Lipinski definition) is 1. The Morgan fingerprint density at radius 2 is 2.18 bits per heavy atom. The Balaban J connectivity index is 2.04. The molecule has 0 aliphatic carbocycles. The van der Waals surface area contributed by atoms with E-state index in [1.54, 1.807) is 13.1 Å². The highest BCUT2D eigenvalue weighted by molar-refractivity contribution is 5.36. The van der Waals surface area contributed by atoms with Gasteiger partial charge in [-0.05, 0) is 6.92 Å². The molecule has 0 aromatic carbocycles. The highest BCUT2D eigenvalue weighted by Gasteiger charge is 2.08. The van der Waals surface area contributed by atoms with Crippen molar-refractivity contribution in [1.29, 1.82) is 0 Å². The Morgan fingerprint density at radius 3 is 2.88 bits per heavy atom. The number of hydrogen-bond acceptors (Lipinski definition) is 5. The molecule has 6 heteroatoms. The van der Waals surface area contributed by atoms with Crippen molar-refractivity contribution in [3.63, 3.8) is 0 Å². The Labute approximate surface area is 98.1 Å². The number of aromatic nitrogens is 3. The van der Waals surface area contributed by atoms with Gasteiger partial charge in [-0.3, -0.25) is 0 Å². The zero-order valence-electron chi connectivity index (χ0n) is 9.70. The van der Waals surface area contributed by atoms with Crippen molar-refractivity contribution in [3.8, 4) is 0 Å². The van der Waals surface area contributed by atoms with E-state index in [1.165, 1.54) is 6.33 Å². The molecule has 0 saturated heterocycles. The third-order valence-corrected chi connectivity index (χ3v) is 2.32. The highest BCUT2D eigenvalue weighted by atomic mass is 19.1. The van der Waals surface area contributed by atoms with E-state index in [0.29, 0.717) is 18.1 Å². The molecule has 0 aliphatic heterocycles. The van der Waals surface area contributed by atoms with Gasteiger partial charge in [-0.25, -0.2) is 19.3 Å². The van der Waals surface area contributed by atoms with Crippen LogP contribution < -0.4 is 5.32 Å². The molecule has 0 radical (unpaired) electrons. The van der Waals surface area contributed by atoms with Gasteiger partial charge in [0.2, 0.25) is 5.89 Å². The second-order valence-electron chi connectivity index (χ2n) is 3.55. The van der Waals surface area contributed by atoms with E-state index in [-0.39, 0.29) is 5.82 Å². The SMILES string of the molecule is CCc1cnc(CNc2ncnc(C)c2F)o1. The van der Waals surface area contributed by atoms with E-state index < -0.39 is 5.82 Å². The van der Waals surface area contributed by atoms with Gasteiger partial charge in [0, 0.05) is 6.42 Å². The molecule has 0 atom stereocenters. The monoisotopic (exact) mass is 236 g/mol. The molecular formula is C11H13FN4O. The summed E-state index contributed by atoms with van der Waals surface area (Å²) < 4.78 is 18.9. The fourth-order valence-electron chi connectivity index (χ4n) is 1.33. The molecule has 0 saturated carbocycles. The first-order chi connectivity index (χ1) is 8.20. The lowest BCUT2D eigenvalue weighted by molar-refractivity contribution is 0.465. The van der Waals surface area contributed by atoms with Gasteiger partial charge in [-0.1, -0.05) is 6.92 Å². The van der Waals surface area contributed by atoms with Crippen LogP contribution in [-0.4, -0.2) is 15.0 Å². The lowest BCUT2D eigenvalue weighted by Crippen LogP contribution is -2.05. The molecule has 5 nitrogen and oxygen atoms in total. The van der Waals surface area contributed by atoms with Crippen molar-refractivity contribution in [1.82, 2.24) is 15.0 Å². The molecule has 2 aromatic rings. The number of anilines is 1. The average molecular weight is 236 g/mol. The number of nitrogens with zero attached hydrogens (tertiary/aromatic N) is 3. The maximum absolute atomic E-state index is 13.5. The number of rotatable bonds is 4. The minimum absolute atomic E-state index is 0.161. The summed E-state index contributed by atoms with van der Waals surface area (Å²) in [7, 11) is 0. The lowest BCUT2D eigenvalue weighted by Gasteiger charge is -2.04. The van der Waals surface area contributed by atoms with Gasteiger partial charge in [0.05, 0.1) is 18.4 Å². The first-order valence-corrected chi connectivity index (χ1v) is 5.35. The van der Waals surface area contributed by atoms with Crippen LogP contribution in [0.2, 0.25) is 0 Å².